The maximum absolute atomic E-state index is 11.4. The van der Waals surface area contributed by atoms with Crippen LogP contribution < -0.4 is 4.74 Å². The molecular formula is C12H14ClNO5. The molecule has 0 radical (unpaired) electrons. The third-order valence-electron chi connectivity index (χ3n) is 2.42. The number of nitrogens with zero attached hydrogens (tertiary/aromatic N) is 1. The summed E-state index contributed by atoms with van der Waals surface area (Å²) in [4.78, 5) is 21.6. The molecule has 1 aromatic rings. The number of esters is 1. The van der Waals surface area contributed by atoms with E-state index in [1.54, 1.807) is 6.92 Å². The van der Waals surface area contributed by atoms with Crippen LogP contribution in [-0.4, -0.2) is 30.0 Å². The van der Waals surface area contributed by atoms with Crippen LogP contribution in [0.5, 0.6) is 5.75 Å². The molecule has 6 nitrogen and oxygen atoms in total. The van der Waals surface area contributed by atoms with E-state index in [1.807, 2.05) is 0 Å². The Balaban J connectivity index is 2.94. The zero-order valence-corrected chi connectivity index (χ0v) is 11.3. The van der Waals surface area contributed by atoms with Gasteiger partial charge in [0, 0.05) is 24.1 Å². The van der Waals surface area contributed by atoms with Gasteiger partial charge in [-0.1, -0.05) is 0 Å². The maximum Gasteiger partial charge on any atom is 0.324 e. The SMILES string of the molecule is CCOC(=O)C(Cl)Cc1cc([N+](=O)[O-])ccc1OC. The number of carbonyl (C=O) groups excluding carboxylic acids is 1. The van der Waals surface area contributed by atoms with E-state index in [9.17, 15) is 14.9 Å². The Morgan fingerprint density at radius 3 is 2.74 bits per heavy atom. The Hall–Kier alpha value is -1.82. The van der Waals surface area contributed by atoms with E-state index >= 15 is 0 Å². The van der Waals surface area contributed by atoms with Crippen molar-refractivity contribution in [2.45, 2.75) is 18.7 Å². The lowest BCUT2D eigenvalue weighted by Crippen LogP contribution is -2.20. The van der Waals surface area contributed by atoms with Gasteiger partial charge in [-0.05, 0) is 13.0 Å². The molecule has 19 heavy (non-hydrogen) atoms. The molecule has 0 aliphatic heterocycles. The minimum absolute atomic E-state index is 0.0801. The molecular weight excluding hydrogens is 274 g/mol. The molecule has 0 saturated carbocycles. The summed E-state index contributed by atoms with van der Waals surface area (Å²) in [6, 6.07) is 4.14. The summed E-state index contributed by atoms with van der Waals surface area (Å²) in [5.74, 6) is -0.113. The number of benzene rings is 1. The van der Waals surface area contributed by atoms with Crippen molar-refractivity contribution in [2.75, 3.05) is 13.7 Å². The van der Waals surface area contributed by atoms with E-state index in [0.717, 1.165) is 0 Å². The fraction of sp³-hybridized carbons (Fsp3) is 0.417. The molecule has 104 valence electrons. The highest BCUT2D eigenvalue weighted by Crippen LogP contribution is 2.26. The first-order chi connectivity index (χ1) is 8.99. The van der Waals surface area contributed by atoms with Crippen LogP contribution in [0.3, 0.4) is 0 Å². The summed E-state index contributed by atoms with van der Waals surface area (Å²) >= 11 is 5.91. The number of nitro benzene ring substituents is 1. The number of nitro groups is 1. The molecule has 0 aromatic heterocycles. The van der Waals surface area contributed by atoms with Gasteiger partial charge in [0.05, 0.1) is 18.6 Å². The Bertz CT molecular complexity index is 477. The highest BCUT2D eigenvalue weighted by Gasteiger charge is 2.21. The van der Waals surface area contributed by atoms with Gasteiger partial charge in [0.25, 0.3) is 5.69 Å². The van der Waals surface area contributed by atoms with Gasteiger partial charge in [0.15, 0.2) is 0 Å². The maximum atomic E-state index is 11.4. The van der Waals surface area contributed by atoms with E-state index in [4.69, 9.17) is 21.1 Å². The molecule has 0 N–H and O–H groups in total. The summed E-state index contributed by atoms with van der Waals surface area (Å²) in [6.07, 6.45) is 0.102. The molecule has 1 aromatic carbocycles. The molecule has 0 fully saturated rings. The minimum atomic E-state index is -0.907. The number of hydrogen-bond acceptors (Lipinski definition) is 5. The van der Waals surface area contributed by atoms with Crippen LogP contribution >= 0.6 is 11.6 Å². The lowest BCUT2D eigenvalue weighted by Gasteiger charge is -2.11. The molecule has 0 aliphatic carbocycles. The number of ether oxygens (including phenoxy) is 2. The van der Waals surface area contributed by atoms with Crippen molar-refractivity contribution in [2.24, 2.45) is 0 Å². The molecule has 0 saturated heterocycles. The van der Waals surface area contributed by atoms with Crippen molar-refractivity contribution in [3.63, 3.8) is 0 Å². The second-order valence-electron chi connectivity index (χ2n) is 3.68. The normalized spacial score (nSPS) is 11.7. The van der Waals surface area contributed by atoms with Crippen LogP contribution in [0.15, 0.2) is 18.2 Å². The highest BCUT2D eigenvalue weighted by molar-refractivity contribution is 6.30. The summed E-state index contributed by atoms with van der Waals surface area (Å²) in [6.45, 7) is 1.91. The first-order valence-electron chi connectivity index (χ1n) is 5.61. The van der Waals surface area contributed by atoms with Crippen LogP contribution in [0.4, 0.5) is 5.69 Å². The molecule has 0 aliphatic rings. The van der Waals surface area contributed by atoms with Crippen molar-refractivity contribution in [3.05, 3.63) is 33.9 Å². The summed E-state index contributed by atoms with van der Waals surface area (Å²) in [7, 11) is 1.44. The fourth-order valence-corrected chi connectivity index (χ4v) is 1.78. The Labute approximate surface area is 115 Å². The van der Waals surface area contributed by atoms with Crippen LogP contribution in [0.1, 0.15) is 12.5 Å². The van der Waals surface area contributed by atoms with E-state index in [0.29, 0.717) is 11.3 Å². The van der Waals surface area contributed by atoms with Gasteiger partial charge in [0.1, 0.15) is 11.1 Å². The molecule has 1 atom stereocenters. The standard InChI is InChI=1S/C12H14ClNO5/c1-3-19-12(15)10(13)7-8-6-9(14(16)17)4-5-11(8)18-2/h4-6,10H,3,7H2,1-2H3. The van der Waals surface area contributed by atoms with E-state index < -0.39 is 16.3 Å². The monoisotopic (exact) mass is 287 g/mol. The molecule has 7 heteroatoms. The lowest BCUT2D eigenvalue weighted by atomic mass is 10.1. The zero-order chi connectivity index (χ0) is 14.4. The van der Waals surface area contributed by atoms with Crippen LogP contribution in [0.2, 0.25) is 0 Å². The molecule has 0 amide bonds. The minimum Gasteiger partial charge on any atom is -0.496 e. The molecule has 0 spiro atoms. The average molecular weight is 288 g/mol. The van der Waals surface area contributed by atoms with Crippen LogP contribution in [-0.2, 0) is 16.0 Å². The topological polar surface area (TPSA) is 78.7 Å². The number of carbonyl (C=O) groups is 1. The first-order valence-corrected chi connectivity index (χ1v) is 6.05. The Morgan fingerprint density at radius 1 is 1.53 bits per heavy atom. The van der Waals surface area contributed by atoms with E-state index in [-0.39, 0.29) is 18.7 Å². The first kappa shape index (κ1) is 15.2. The van der Waals surface area contributed by atoms with Crippen molar-refractivity contribution < 1.29 is 19.2 Å². The molecule has 0 heterocycles. The number of rotatable bonds is 6. The third-order valence-corrected chi connectivity index (χ3v) is 2.75. The Morgan fingerprint density at radius 2 is 2.21 bits per heavy atom. The number of halogens is 1. The van der Waals surface area contributed by atoms with Crippen LogP contribution in [0, 0.1) is 10.1 Å². The van der Waals surface area contributed by atoms with Gasteiger partial charge in [-0.25, -0.2) is 0 Å². The van der Waals surface area contributed by atoms with Crippen LogP contribution in [0.25, 0.3) is 0 Å². The van der Waals surface area contributed by atoms with Crippen molar-refractivity contribution in [3.8, 4) is 5.75 Å². The van der Waals surface area contributed by atoms with Crippen molar-refractivity contribution in [1.29, 1.82) is 0 Å². The van der Waals surface area contributed by atoms with Crippen molar-refractivity contribution >= 4 is 23.3 Å². The van der Waals surface area contributed by atoms with Gasteiger partial charge in [0.2, 0.25) is 0 Å². The largest absolute Gasteiger partial charge is 0.496 e. The smallest absolute Gasteiger partial charge is 0.324 e. The molecule has 0 bridgehead atoms. The summed E-state index contributed by atoms with van der Waals surface area (Å²) in [5.41, 5.74) is 0.410. The van der Waals surface area contributed by atoms with Gasteiger partial charge >= 0.3 is 5.97 Å². The second-order valence-corrected chi connectivity index (χ2v) is 4.20. The third kappa shape index (κ3) is 4.10. The number of non-ortho nitro benzene ring substituents is 1. The van der Waals surface area contributed by atoms with Gasteiger partial charge in [-0.15, -0.1) is 11.6 Å². The molecule has 1 rings (SSSR count). The van der Waals surface area contributed by atoms with Crippen molar-refractivity contribution in [1.82, 2.24) is 0 Å². The second kappa shape index (κ2) is 6.94. The molecule has 1 unspecified atom stereocenters. The summed E-state index contributed by atoms with van der Waals surface area (Å²) in [5, 5.41) is 9.81. The highest BCUT2D eigenvalue weighted by atomic mass is 35.5. The van der Waals surface area contributed by atoms with E-state index in [2.05, 4.69) is 0 Å². The zero-order valence-electron chi connectivity index (χ0n) is 10.6. The average Bonchev–Trinajstić information content (AvgIpc) is 2.38. The summed E-state index contributed by atoms with van der Waals surface area (Å²) < 4.78 is 9.87. The number of hydrogen-bond donors (Lipinski definition) is 0. The van der Waals surface area contributed by atoms with Gasteiger partial charge in [-0.2, -0.15) is 0 Å². The predicted molar refractivity (Wildman–Crippen MR) is 69.6 cm³/mol. The predicted octanol–water partition coefficient (Wildman–Crippen LogP) is 2.32. The number of methoxy groups -OCH3 is 1. The quantitative estimate of drug-likeness (QED) is 0.347. The van der Waals surface area contributed by atoms with Gasteiger partial charge in [-0.3, -0.25) is 14.9 Å². The van der Waals surface area contributed by atoms with E-state index in [1.165, 1.54) is 25.3 Å². The Kier molecular flexibility index (Phi) is 5.57. The van der Waals surface area contributed by atoms with Gasteiger partial charge < -0.3 is 9.47 Å². The fourth-order valence-electron chi connectivity index (χ4n) is 1.55. The lowest BCUT2D eigenvalue weighted by molar-refractivity contribution is -0.384. The number of alkyl halides is 1.